The van der Waals surface area contributed by atoms with Crippen molar-refractivity contribution in [2.45, 2.75) is 12.3 Å². The summed E-state index contributed by atoms with van der Waals surface area (Å²) < 4.78 is 46.4. The van der Waals surface area contributed by atoms with Crippen LogP contribution >= 0.6 is 0 Å². The van der Waals surface area contributed by atoms with Gasteiger partial charge in [-0.3, -0.25) is 0 Å². The van der Waals surface area contributed by atoms with Crippen LogP contribution in [-0.4, -0.2) is 12.8 Å². The average molecular weight is 232 g/mol. The van der Waals surface area contributed by atoms with E-state index in [1.54, 1.807) is 0 Å². The van der Waals surface area contributed by atoms with Gasteiger partial charge >= 0.3 is 12.3 Å². The number of cyclic esters (lactones) is 2. The number of rotatable bonds is 1. The minimum atomic E-state index is -4.40. The van der Waals surface area contributed by atoms with E-state index < -0.39 is 24.0 Å². The Morgan fingerprint density at radius 2 is 2.06 bits per heavy atom. The SMILES string of the molecule is O=C1OC[C@@H](c2cccc(C(F)(F)F)c2)O1. The molecular weight excluding hydrogens is 225 g/mol. The molecule has 16 heavy (non-hydrogen) atoms. The van der Waals surface area contributed by atoms with Crippen LogP contribution in [0.25, 0.3) is 0 Å². The van der Waals surface area contributed by atoms with Crippen molar-refractivity contribution in [3.63, 3.8) is 0 Å². The average Bonchev–Trinajstić information content (AvgIpc) is 2.64. The van der Waals surface area contributed by atoms with Crippen LogP contribution in [0.3, 0.4) is 0 Å². The van der Waals surface area contributed by atoms with Gasteiger partial charge in [0.25, 0.3) is 0 Å². The molecule has 0 saturated carbocycles. The molecule has 1 aromatic rings. The normalized spacial score (nSPS) is 20.4. The third-order valence-electron chi connectivity index (χ3n) is 2.18. The van der Waals surface area contributed by atoms with E-state index in [1.165, 1.54) is 12.1 Å². The highest BCUT2D eigenvalue weighted by Crippen LogP contribution is 2.32. The van der Waals surface area contributed by atoms with Gasteiger partial charge in [-0.1, -0.05) is 12.1 Å². The highest BCUT2D eigenvalue weighted by molar-refractivity contribution is 5.62. The molecule has 1 aromatic carbocycles. The second-order valence-corrected chi connectivity index (χ2v) is 3.29. The first-order chi connectivity index (χ1) is 7.47. The summed E-state index contributed by atoms with van der Waals surface area (Å²) in [5, 5.41) is 0. The fourth-order valence-corrected chi connectivity index (χ4v) is 1.41. The van der Waals surface area contributed by atoms with Crippen molar-refractivity contribution in [2.24, 2.45) is 0 Å². The van der Waals surface area contributed by atoms with Gasteiger partial charge in [0.1, 0.15) is 6.61 Å². The molecule has 1 heterocycles. The monoisotopic (exact) mass is 232 g/mol. The van der Waals surface area contributed by atoms with E-state index in [0.29, 0.717) is 0 Å². The number of ether oxygens (including phenoxy) is 2. The fraction of sp³-hybridized carbons (Fsp3) is 0.300. The summed E-state index contributed by atoms with van der Waals surface area (Å²) >= 11 is 0. The molecule has 1 saturated heterocycles. The first-order valence-electron chi connectivity index (χ1n) is 4.47. The van der Waals surface area contributed by atoms with Gasteiger partial charge in [-0.2, -0.15) is 13.2 Å². The van der Waals surface area contributed by atoms with E-state index >= 15 is 0 Å². The lowest BCUT2D eigenvalue weighted by Gasteiger charge is -2.10. The summed E-state index contributed by atoms with van der Waals surface area (Å²) in [5.74, 6) is 0. The molecule has 1 fully saturated rings. The standard InChI is InChI=1S/C10H7F3O3/c11-10(12,13)7-3-1-2-6(4-7)8-5-15-9(14)16-8/h1-4,8H,5H2/t8-/m0/s1. The van der Waals surface area contributed by atoms with E-state index in [1.807, 2.05) is 0 Å². The third-order valence-corrected chi connectivity index (χ3v) is 2.18. The summed E-state index contributed by atoms with van der Waals surface area (Å²) in [7, 11) is 0. The zero-order valence-corrected chi connectivity index (χ0v) is 7.95. The molecular formula is C10H7F3O3. The number of carbonyl (C=O) groups excluding carboxylic acids is 1. The van der Waals surface area contributed by atoms with Crippen LogP contribution in [0, 0.1) is 0 Å². The molecule has 1 aliphatic rings. The second kappa shape index (κ2) is 3.70. The number of benzene rings is 1. The molecule has 0 spiro atoms. The van der Waals surface area contributed by atoms with Crippen molar-refractivity contribution in [3.05, 3.63) is 35.4 Å². The molecule has 0 amide bonds. The first kappa shape index (κ1) is 10.8. The smallest absolute Gasteiger partial charge is 0.430 e. The summed E-state index contributed by atoms with van der Waals surface area (Å²) in [5.41, 5.74) is -0.492. The zero-order chi connectivity index (χ0) is 11.8. The fourth-order valence-electron chi connectivity index (χ4n) is 1.41. The summed E-state index contributed by atoms with van der Waals surface area (Å²) in [4.78, 5) is 10.6. The van der Waals surface area contributed by atoms with Crippen molar-refractivity contribution in [1.82, 2.24) is 0 Å². The number of hydrogen-bond acceptors (Lipinski definition) is 3. The molecule has 0 radical (unpaired) electrons. The Balaban J connectivity index is 2.26. The summed E-state index contributed by atoms with van der Waals surface area (Å²) in [6, 6.07) is 4.64. The van der Waals surface area contributed by atoms with Gasteiger partial charge < -0.3 is 9.47 Å². The van der Waals surface area contributed by atoms with Crippen LogP contribution < -0.4 is 0 Å². The van der Waals surface area contributed by atoms with E-state index in [0.717, 1.165) is 12.1 Å². The molecule has 6 heteroatoms. The molecule has 0 N–H and O–H groups in total. The topological polar surface area (TPSA) is 35.5 Å². The Bertz CT molecular complexity index is 414. The highest BCUT2D eigenvalue weighted by Gasteiger charge is 2.33. The van der Waals surface area contributed by atoms with Gasteiger partial charge in [0.05, 0.1) is 5.56 Å². The van der Waals surface area contributed by atoms with Gasteiger partial charge in [0.15, 0.2) is 6.10 Å². The zero-order valence-electron chi connectivity index (χ0n) is 7.95. The Labute approximate surface area is 88.8 Å². The van der Waals surface area contributed by atoms with E-state index in [9.17, 15) is 18.0 Å². The van der Waals surface area contributed by atoms with Crippen molar-refractivity contribution < 1.29 is 27.4 Å². The molecule has 0 unspecified atom stereocenters. The van der Waals surface area contributed by atoms with Crippen LogP contribution in [0.15, 0.2) is 24.3 Å². The molecule has 0 bridgehead atoms. The van der Waals surface area contributed by atoms with Crippen LogP contribution in [0.5, 0.6) is 0 Å². The molecule has 1 atom stereocenters. The third kappa shape index (κ3) is 2.10. The van der Waals surface area contributed by atoms with E-state index in [4.69, 9.17) is 0 Å². The minimum absolute atomic E-state index is 0.0554. The number of hydrogen-bond donors (Lipinski definition) is 0. The molecule has 2 rings (SSSR count). The lowest BCUT2D eigenvalue weighted by atomic mass is 10.1. The van der Waals surface area contributed by atoms with Gasteiger partial charge in [0, 0.05) is 0 Å². The van der Waals surface area contributed by atoms with Crippen LogP contribution in [-0.2, 0) is 15.7 Å². The number of carbonyl (C=O) groups is 1. The Hall–Kier alpha value is -1.72. The molecule has 3 nitrogen and oxygen atoms in total. The van der Waals surface area contributed by atoms with Crippen LogP contribution in [0.2, 0.25) is 0 Å². The van der Waals surface area contributed by atoms with Crippen molar-refractivity contribution >= 4 is 6.16 Å². The largest absolute Gasteiger partial charge is 0.509 e. The van der Waals surface area contributed by atoms with Gasteiger partial charge in [-0.15, -0.1) is 0 Å². The van der Waals surface area contributed by atoms with Gasteiger partial charge in [-0.05, 0) is 17.7 Å². The second-order valence-electron chi connectivity index (χ2n) is 3.29. The maximum absolute atomic E-state index is 12.4. The van der Waals surface area contributed by atoms with Gasteiger partial charge in [-0.25, -0.2) is 4.79 Å². The predicted octanol–water partition coefficient (Wildman–Crippen LogP) is 2.91. The maximum atomic E-state index is 12.4. The van der Waals surface area contributed by atoms with Gasteiger partial charge in [0.2, 0.25) is 0 Å². The minimum Gasteiger partial charge on any atom is -0.430 e. The Morgan fingerprint density at radius 3 is 2.62 bits per heavy atom. The molecule has 86 valence electrons. The lowest BCUT2D eigenvalue weighted by Crippen LogP contribution is -2.07. The van der Waals surface area contributed by atoms with Crippen molar-refractivity contribution in [1.29, 1.82) is 0 Å². The number of halogens is 3. The number of alkyl halides is 3. The maximum Gasteiger partial charge on any atom is 0.509 e. The van der Waals surface area contributed by atoms with Crippen molar-refractivity contribution in [2.75, 3.05) is 6.61 Å². The molecule has 1 aliphatic heterocycles. The lowest BCUT2D eigenvalue weighted by molar-refractivity contribution is -0.137. The Morgan fingerprint density at radius 1 is 1.31 bits per heavy atom. The molecule has 0 aromatic heterocycles. The van der Waals surface area contributed by atoms with E-state index in [2.05, 4.69) is 9.47 Å². The van der Waals surface area contributed by atoms with Crippen LogP contribution in [0.1, 0.15) is 17.2 Å². The van der Waals surface area contributed by atoms with Crippen molar-refractivity contribution in [3.8, 4) is 0 Å². The Kier molecular flexibility index (Phi) is 2.49. The van der Waals surface area contributed by atoms with Crippen LogP contribution in [0.4, 0.5) is 18.0 Å². The molecule has 0 aliphatic carbocycles. The quantitative estimate of drug-likeness (QED) is 0.698. The summed E-state index contributed by atoms with van der Waals surface area (Å²) in [6.45, 7) is -0.0554. The summed E-state index contributed by atoms with van der Waals surface area (Å²) in [6.07, 6.45) is -6.02. The first-order valence-corrected chi connectivity index (χ1v) is 4.47. The van der Waals surface area contributed by atoms with E-state index in [-0.39, 0.29) is 12.2 Å². The predicted molar refractivity (Wildman–Crippen MR) is 46.6 cm³/mol. The highest BCUT2D eigenvalue weighted by atomic mass is 19.4.